The van der Waals surface area contributed by atoms with Gasteiger partial charge in [-0.2, -0.15) is 0 Å². The predicted molar refractivity (Wildman–Crippen MR) is 83.3 cm³/mol. The van der Waals surface area contributed by atoms with Crippen molar-refractivity contribution in [3.05, 3.63) is 0 Å². The number of amides is 2. The summed E-state index contributed by atoms with van der Waals surface area (Å²) >= 11 is 4.80. The van der Waals surface area contributed by atoms with Gasteiger partial charge in [-0.15, -0.1) is 0 Å². The van der Waals surface area contributed by atoms with Crippen molar-refractivity contribution in [2.45, 2.75) is 39.0 Å². The van der Waals surface area contributed by atoms with Crippen LogP contribution in [0.5, 0.6) is 0 Å². The van der Waals surface area contributed by atoms with Crippen LogP contribution >= 0.6 is 12.2 Å². The van der Waals surface area contributed by atoms with Crippen LogP contribution in [0.2, 0.25) is 0 Å². The molecule has 2 N–H and O–H groups in total. The van der Waals surface area contributed by atoms with E-state index >= 15 is 0 Å². The summed E-state index contributed by atoms with van der Waals surface area (Å²) in [5.41, 5.74) is 5.43. The summed E-state index contributed by atoms with van der Waals surface area (Å²) in [6.45, 7) is 3.52. The van der Waals surface area contributed by atoms with Crippen molar-refractivity contribution < 1.29 is 9.59 Å². The standard InChI is InChI=1S/C14H25N3O2S/c1-3-11-4-5-13(18)17(9-6-11)10-14(19)16(2)8-7-12(15)20/h11H,3-10H2,1-2H3,(H2,15,20). The van der Waals surface area contributed by atoms with Crippen molar-refractivity contribution in [1.82, 2.24) is 9.80 Å². The second-order valence-electron chi connectivity index (χ2n) is 5.45. The van der Waals surface area contributed by atoms with Gasteiger partial charge in [-0.1, -0.05) is 25.6 Å². The molecular weight excluding hydrogens is 274 g/mol. The van der Waals surface area contributed by atoms with Crippen LogP contribution in [-0.4, -0.2) is 53.3 Å². The van der Waals surface area contributed by atoms with Gasteiger partial charge in [-0.25, -0.2) is 0 Å². The molecule has 114 valence electrons. The molecule has 1 atom stereocenters. The molecule has 1 aliphatic heterocycles. The summed E-state index contributed by atoms with van der Waals surface area (Å²) in [6.07, 6.45) is 4.11. The van der Waals surface area contributed by atoms with E-state index in [0.29, 0.717) is 36.8 Å². The largest absolute Gasteiger partial charge is 0.393 e. The summed E-state index contributed by atoms with van der Waals surface area (Å²) in [5.74, 6) is 0.646. The third-order valence-electron chi connectivity index (χ3n) is 3.95. The highest BCUT2D eigenvalue weighted by molar-refractivity contribution is 7.80. The monoisotopic (exact) mass is 299 g/mol. The van der Waals surface area contributed by atoms with E-state index in [1.165, 1.54) is 0 Å². The van der Waals surface area contributed by atoms with Gasteiger partial charge in [0.05, 0.1) is 11.5 Å². The van der Waals surface area contributed by atoms with Crippen molar-refractivity contribution in [3.8, 4) is 0 Å². The highest BCUT2D eigenvalue weighted by Crippen LogP contribution is 2.20. The first-order valence-electron chi connectivity index (χ1n) is 7.24. The topological polar surface area (TPSA) is 66.6 Å². The molecule has 2 amide bonds. The molecule has 0 spiro atoms. The maximum atomic E-state index is 12.1. The van der Waals surface area contributed by atoms with Crippen LogP contribution in [0.15, 0.2) is 0 Å². The summed E-state index contributed by atoms with van der Waals surface area (Å²) < 4.78 is 0. The summed E-state index contributed by atoms with van der Waals surface area (Å²) in [6, 6.07) is 0. The van der Waals surface area contributed by atoms with Crippen molar-refractivity contribution in [1.29, 1.82) is 0 Å². The van der Waals surface area contributed by atoms with Gasteiger partial charge in [0.2, 0.25) is 11.8 Å². The number of rotatable bonds is 6. The Bertz CT molecular complexity index is 373. The maximum Gasteiger partial charge on any atom is 0.241 e. The SMILES string of the molecule is CCC1CCC(=O)N(CC(=O)N(C)CCC(N)=S)CC1. The number of hydrogen-bond donors (Lipinski definition) is 1. The average molecular weight is 299 g/mol. The van der Waals surface area contributed by atoms with Crippen LogP contribution < -0.4 is 5.73 Å². The number of likely N-dealkylation sites (N-methyl/N-ethyl adjacent to an activating group) is 1. The van der Waals surface area contributed by atoms with Gasteiger partial charge >= 0.3 is 0 Å². The Kier molecular flexibility index (Phi) is 6.91. The van der Waals surface area contributed by atoms with Gasteiger partial charge in [-0.3, -0.25) is 9.59 Å². The summed E-state index contributed by atoms with van der Waals surface area (Å²) in [4.78, 5) is 27.8. The molecule has 1 heterocycles. The number of carbonyl (C=O) groups excluding carboxylic acids is 2. The molecule has 0 aliphatic carbocycles. The number of nitrogens with two attached hydrogens (primary N) is 1. The van der Waals surface area contributed by atoms with Crippen molar-refractivity contribution in [2.24, 2.45) is 11.7 Å². The number of likely N-dealkylation sites (tertiary alicyclic amines) is 1. The minimum atomic E-state index is -0.0513. The molecule has 1 saturated heterocycles. The Balaban J connectivity index is 2.47. The quantitative estimate of drug-likeness (QED) is 0.747. The fourth-order valence-corrected chi connectivity index (χ4v) is 2.45. The molecule has 0 radical (unpaired) electrons. The van der Waals surface area contributed by atoms with Gasteiger partial charge < -0.3 is 15.5 Å². The lowest BCUT2D eigenvalue weighted by atomic mass is 9.98. The molecule has 5 nitrogen and oxygen atoms in total. The number of hydrogen-bond acceptors (Lipinski definition) is 3. The van der Waals surface area contributed by atoms with Crippen LogP contribution in [-0.2, 0) is 9.59 Å². The minimum absolute atomic E-state index is 0.0513. The molecule has 0 saturated carbocycles. The van der Waals surface area contributed by atoms with Gasteiger partial charge in [0.1, 0.15) is 0 Å². The van der Waals surface area contributed by atoms with Crippen molar-refractivity contribution >= 4 is 29.0 Å². The molecule has 1 fully saturated rings. The van der Waals surface area contributed by atoms with Gasteiger partial charge in [0, 0.05) is 33.0 Å². The average Bonchev–Trinajstić information content (AvgIpc) is 2.58. The van der Waals surface area contributed by atoms with Crippen molar-refractivity contribution in [3.63, 3.8) is 0 Å². The Labute approximate surface area is 126 Å². The van der Waals surface area contributed by atoms with E-state index in [2.05, 4.69) is 6.92 Å². The fraction of sp³-hybridized carbons (Fsp3) is 0.786. The normalized spacial score (nSPS) is 19.6. The zero-order valence-corrected chi connectivity index (χ0v) is 13.2. The summed E-state index contributed by atoms with van der Waals surface area (Å²) in [7, 11) is 1.72. The van der Waals surface area contributed by atoms with Gasteiger partial charge in [-0.05, 0) is 18.8 Å². The molecule has 6 heteroatoms. The molecule has 0 bridgehead atoms. The van der Waals surface area contributed by atoms with Crippen LogP contribution in [0.25, 0.3) is 0 Å². The third kappa shape index (κ3) is 5.45. The first-order chi connectivity index (χ1) is 9.43. The molecule has 20 heavy (non-hydrogen) atoms. The van der Waals surface area contributed by atoms with E-state index in [4.69, 9.17) is 18.0 Å². The van der Waals surface area contributed by atoms with E-state index in [-0.39, 0.29) is 18.4 Å². The second kappa shape index (κ2) is 8.19. The van der Waals surface area contributed by atoms with Gasteiger partial charge in [0.25, 0.3) is 0 Å². The highest BCUT2D eigenvalue weighted by atomic mass is 32.1. The summed E-state index contributed by atoms with van der Waals surface area (Å²) in [5, 5.41) is 0. The molecular formula is C14H25N3O2S. The van der Waals surface area contributed by atoms with E-state index in [9.17, 15) is 9.59 Å². The Morgan fingerprint density at radius 2 is 2.20 bits per heavy atom. The van der Waals surface area contributed by atoms with E-state index < -0.39 is 0 Å². The van der Waals surface area contributed by atoms with Crippen LogP contribution in [0.1, 0.15) is 39.0 Å². The lowest BCUT2D eigenvalue weighted by Crippen LogP contribution is -2.42. The van der Waals surface area contributed by atoms with E-state index in [1.54, 1.807) is 16.8 Å². The first kappa shape index (κ1) is 16.9. The predicted octanol–water partition coefficient (Wildman–Crippen LogP) is 1.16. The third-order valence-corrected chi connectivity index (χ3v) is 4.15. The van der Waals surface area contributed by atoms with Crippen LogP contribution in [0, 0.1) is 5.92 Å². The zero-order valence-electron chi connectivity index (χ0n) is 12.4. The van der Waals surface area contributed by atoms with Gasteiger partial charge in [0.15, 0.2) is 0 Å². The number of nitrogens with zero attached hydrogens (tertiary/aromatic N) is 2. The number of thiocarbonyl (C=S) groups is 1. The highest BCUT2D eigenvalue weighted by Gasteiger charge is 2.24. The fourth-order valence-electron chi connectivity index (χ4n) is 2.36. The van der Waals surface area contributed by atoms with E-state index in [0.717, 1.165) is 19.3 Å². The molecule has 1 unspecified atom stereocenters. The Morgan fingerprint density at radius 3 is 2.80 bits per heavy atom. The smallest absolute Gasteiger partial charge is 0.241 e. The molecule has 1 aliphatic rings. The Morgan fingerprint density at radius 1 is 1.50 bits per heavy atom. The zero-order chi connectivity index (χ0) is 15.1. The lowest BCUT2D eigenvalue weighted by molar-refractivity contribution is -0.139. The molecule has 1 rings (SSSR count). The Hall–Kier alpha value is -1.17. The van der Waals surface area contributed by atoms with E-state index in [1.807, 2.05) is 0 Å². The molecule has 0 aromatic rings. The second-order valence-corrected chi connectivity index (χ2v) is 5.97. The van der Waals surface area contributed by atoms with Crippen molar-refractivity contribution in [2.75, 3.05) is 26.7 Å². The maximum absolute atomic E-state index is 12.1. The first-order valence-corrected chi connectivity index (χ1v) is 7.64. The van der Waals surface area contributed by atoms with Crippen LogP contribution in [0.3, 0.4) is 0 Å². The number of carbonyl (C=O) groups is 2. The lowest BCUT2D eigenvalue weighted by Gasteiger charge is -2.24. The minimum Gasteiger partial charge on any atom is -0.393 e. The van der Waals surface area contributed by atoms with Crippen LogP contribution in [0.4, 0.5) is 0 Å². The molecule has 0 aromatic heterocycles. The molecule has 0 aromatic carbocycles.